The largest absolute Gasteiger partial charge is 0.322 e. The Balaban J connectivity index is 2.16. The topological polar surface area (TPSA) is 92.9 Å². The molecule has 92 valence electrons. The van der Waals surface area contributed by atoms with Crippen LogP contribution in [0.1, 0.15) is 16.1 Å². The smallest absolute Gasteiger partial charge is 0.255 e. The number of nitrogens with zero attached hydrogens (tertiary/aromatic N) is 2. The summed E-state index contributed by atoms with van der Waals surface area (Å²) < 4.78 is 0. The molecule has 0 saturated heterocycles. The van der Waals surface area contributed by atoms with Crippen molar-refractivity contribution in [3.05, 3.63) is 47.9 Å². The minimum absolute atomic E-state index is 0.223. The highest BCUT2D eigenvalue weighted by atomic mass is 16.1. The number of pyridine rings is 2. The molecule has 2 rings (SSSR count). The predicted octanol–water partition coefficient (Wildman–Crippen LogP) is 1.32. The zero-order valence-electron chi connectivity index (χ0n) is 9.84. The van der Waals surface area contributed by atoms with Crippen LogP contribution in [0.3, 0.4) is 0 Å². The van der Waals surface area contributed by atoms with Crippen molar-refractivity contribution in [3.8, 4) is 0 Å². The van der Waals surface area contributed by atoms with Crippen LogP contribution in [0.2, 0.25) is 0 Å². The third-order valence-corrected chi connectivity index (χ3v) is 2.32. The summed E-state index contributed by atoms with van der Waals surface area (Å²) in [4.78, 5) is 20.0. The van der Waals surface area contributed by atoms with Gasteiger partial charge >= 0.3 is 0 Å². The van der Waals surface area contributed by atoms with Crippen molar-refractivity contribution in [1.82, 2.24) is 9.97 Å². The molecule has 0 atom stereocenters. The van der Waals surface area contributed by atoms with E-state index in [0.29, 0.717) is 17.1 Å². The quantitative estimate of drug-likeness (QED) is 0.558. The van der Waals surface area contributed by atoms with Gasteiger partial charge in [0.25, 0.3) is 5.91 Å². The summed E-state index contributed by atoms with van der Waals surface area (Å²) in [5.41, 5.74) is 4.41. The Morgan fingerprint density at radius 3 is 2.72 bits per heavy atom. The normalized spacial score (nSPS) is 9.89. The van der Waals surface area contributed by atoms with Gasteiger partial charge in [0.05, 0.1) is 0 Å². The van der Waals surface area contributed by atoms with Gasteiger partial charge in [0.15, 0.2) is 0 Å². The number of hydrogen-bond acceptors (Lipinski definition) is 5. The fourth-order valence-electron chi connectivity index (χ4n) is 1.48. The summed E-state index contributed by atoms with van der Waals surface area (Å²) >= 11 is 0. The molecule has 0 aliphatic rings. The number of aromatic nitrogens is 2. The lowest BCUT2D eigenvalue weighted by atomic mass is 10.2. The van der Waals surface area contributed by atoms with E-state index in [1.807, 2.05) is 6.92 Å². The Morgan fingerprint density at radius 2 is 2.00 bits per heavy atom. The number of anilines is 2. The van der Waals surface area contributed by atoms with Crippen molar-refractivity contribution in [2.75, 3.05) is 10.7 Å². The van der Waals surface area contributed by atoms with E-state index in [0.717, 1.165) is 5.69 Å². The summed E-state index contributed by atoms with van der Waals surface area (Å²) in [5, 5.41) is 2.78. The number of carbonyl (C=O) groups excluding carboxylic acids is 1. The van der Waals surface area contributed by atoms with Crippen molar-refractivity contribution >= 4 is 17.4 Å². The maximum Gasteiger partial charge on any atom is 0.255 e. The average molecular weight is 243 g/mol. The number of hydrazine groups is 1. The van der Waals surface area contributed by atoms with Gasteiger partial charge in [-0.2, -0.15) is 0 Å². The van der Waals surface area contributed by atoms with E-state index >= 15 is 0 Å². The minimum atomic E-state index is -0.223. The van der Waals surface area contributed by atoms with E-state index in [-0.39, 0.29) is 5.91 Å². The summed E-state index contributed by atoms with van der Waals surface area (Å²) in [6.45, 7) is 1.86. The SMILES string of the molecule is Cc1cc(NC(=O)c2ccnc(NN)c2)ccn1. The van der Waals surface area contributed by atoms with Gasteiger partial charge in [-0.05, 0) is 31.2 Å². The van der Waals surface area contributed by atoms with Crippen LogP contribution in [0.25, 0.3) is 0 Å². The zero-order chi connectivity index (χ0) is 13.0. The molecule has 0 aliphatic carbocycles. The Labute approximate surface area is 104 Å². The fraction of sp³-hybridized carbons (Fsp3) is 0.0833. The van der Waals surface area contributed by atoms with Crippen molar-refractivity contribution in [3.63, 3.8) is 0 Å². The molecule has 6 nitrogen and oxygen atoms in total. The van der Waals surface area contributed by atoms with Gasteiger partial charge < -0.3 is 10.7 Å². The number of aryl methyl sites for hydroxylation is 1. The van der Waals surface area contributed by atoms with Gasteiger partial charge in [-0.15, -0.1) is 0 Å². The first kappa shape index (κ1) is 12.0. The maximum absolute atomic E-state index is 12.0. The van der Waals surface area contributed by atoms with Gasteiger partial charge in [0, 0.05) is 29.3 Å². The molecular formula is C12H13N5O. The summed E-state index contributed by atoms with van der Waals surface area (Å²) in [5.74, 6) is 5.45. The fourth-order valence-corrected chi connectivity index (χ4v) is 1.48. The number of nitrogens with one attached hydrogen (secondary N) is 2. The van der Waals surface area contributed by atoms with Gasteiger partial charge in [-0.3, -0.25) is 9.78 Å². The van der Waals surface area contributed by atoms with Crippen LogP contribution >= 0.6 is 0 Å². The Kier molecular flexibility index (Phi) is 3.49. The third-order valence-electron chi connectivity index (χ3n) is 2.32. The maximum atomic E-state index is 12.0. The highest BCUT2D eigenvalue weighted by Gasteiger charge is 2.07. The van der Waals surface area contributed by atoms with Crippen molar-refractivity contribution in [2.24, 2.45) is 5.84 Å². The molecule has 0 bridgehead atoms. The van der Waals surface area contributed by atoms with Crippen molar-refractivity contribution < 1.29 is 4.79 Å². The minimum Gasteiger partial charge on any atom is -0.322 e. The second-order valence-electron chi connectivity index (χ2n) is 3.71. The number of nitrogen functional groups attached to an aromatic ring is 1. The predicted molar refractivity (Wildman–Crippen MR) is 69.0 cm³/mol. The van der Waals surface area contributed by atoms with E-state index in [4.69, 9.17) is 5.84 Å². The molecule has 0 saturated carbocycles. The number of carbonyl (C=O) groups is 1. The lowest BCUT2D eigenvalue weighted by Crippen LogP contribution is -2.14. The standard InChI is InChI=1S/C12H13N5O/c1-8-6-10(3-5-14-8)16-12(18)9-2-4-15-11(7-9)17-13/h2-7H,13H2,1H3,(H,15,17)(H,14,16,18). The summed E-state index contributed by atoms with van der Waals surface area (Å²) in [7, 11) is 0. The molecule has 2 aromatic heterocycles. The van der Waals surface area contributed by atoms with Gasteiger partial charge in [-0.1, -0.05) is 0 Å². The molecule has 18 heavy (non-hydrogen) atoms. The number of nitrogens with two attached hydrogens (primary N) is 1. The first-order valence-corrected chi connectivity index (χ1v) is 5.36. The number of amides is 1. The molecule has 6 heteroatoms. The summed E-state index contributed by atoms with van der Waals surface area (Å²) in [6.07, 6.45) is 3.16. The van der Waals surface area contributed by atoms with Gasteiger partial charge in [0.1, 0.15) is 5.82 Å². The second-order valence-corrected chi connectivity index (χ2v) is 3.71. The van der Waals surface area contributed by atoms with Crippen LogP contribution in [-0.4, -0.2) is 15.9 Å². The summed E-state index contributed by atoms with van der Waals surface area (Å²) in [6, 6.07) is 6.71. The molecule has 4 N–H and O–H groups in total. The van der Waals surface area contributed by atoms with Gasteiger partial charge in [0.2, 0.25) is 0 Å². The van der Waals surface area contributed by atoms with E-state index in [9.17, 15) is 4.79 Å². The van der Waals surface area contributed by atoms with Gasteiger partial charge in [-0.25, -0.2) is 10.8 Å². The van der Waals surface area contributed by atoms with E-state index in [2.05, 4.69) is 20.7 Å². The van der Waals surface area contributed by atoms with Crippen LogP contribution < -0.4 is 16.6 Å². The molecule has 0 aliphatic heterocycles. The first-order chi connectivity index (χ1) is 8.69. The van der Waals surface area contributed by atoms with E-state index in [1.165, 1.54) is 6.20 Å². The van der Waals surface area contributed by atoms with Crippen LogP contribution in [0, 0.1) is 6.92 Å². The molecule has 0 radical (unpaired) electrons. The lowest BCUT2D eigenvalue weighted by Gasteiger charge is -2.06. The number of rotatable bonds is 3. The molecule has 2 aromatic rings. The van der Waals surface area contributed by atoms with E-state index < -0.39 is 0 Å². The average Bonchev–Trinajstić information content (AvgIpc) is 2.39. The van der Waals surface area contributed by atoms with Crippen LogP contribution in [0.4, 0.5) is 11.5 Å². The third kappa shape index (κ3) is 2.80. The van der Waals surface area contributed by atoms with Crippen molar-refractivity contribution in [1.29, 1.82) is 0 Å². The highest BCUT2D eigenvalue weighted by molar-refractivity contribution is 6.04. The van der Waals surface area contributed by atoms with Crippen LogP contribution in [0.15, 0.2) is 36.7 Å². The number of hydrogen-bond donors (Lipinski definition) is 3. The Hall–Kier alpha value is -2.47. The lowest BCUT2D eigenvalue weighted by molar-refractivity contribution is 0.102. The molecule has 0 aromatic carbocycles. The molecular weight excluding hydrogens is 230 g/mol. The molecule has 0 fully saturated rings. The Bertz CT molecular complexity index is 570. The van der Waals surface area contributed by atoms with Crippen molar-refractivity contribution in [2.45, 2.75) is 6.92 Å². The molecule has 1 amide bonds. The Morgan fingerprint density at radius 1 is 1.22 bits per heavy atom. The zero-order valence-corrected chi connectivity index (χ0v) is 9.84. The van der Waals surface area contributed by atoms with E-state index in [1.54, 1.807) is 30.5 Å². The van der Waals surface area contributed by atoms with Crippen LogP contribution in [-0.2, 0) is 0 Å². The van der Waals surface area contributed by atoms with Crippen LogP contribution in [0.5, 0.6) is 0 Å². The molecule has 0 unspecified atom stereocenters. The molecule has 2 heterocycles. The second kappa shape index (κ2) is 5.24. The monoisotopic (exact) mass is 243 g/mol. The molecule has 0 spiro atoms. The highest BCUT2D eigenvalue weighted by Crippen LogP contribution is 2.11. The first-order valence-electron chi connectivity index (χ1n) is 5.36.